The molecule has 0 bridgehead atoms. The van der Waals surface area contributed by atoms with Gasteiger partial charge in [-0.05, 0) is 0 Å². The van der Waals surface area contributed by atoms with Crippen LogP contribution in [0.3, 0.4) is 0 Å². The Kier molecular flexibility index (Phi) is 8.84. The van der Waals surface area contributed by atoms with Gasteiger partial charge in [-0.1, -0.05) is 69.6 Å². The van der Waals surface area contributed by atoms with Gasteiger partial charge in [0.25, 0.3) is 0 Å². The molecule has 0 aliphatic heterocycles. The van der Waals surface area contributed by atoms with Crippen LogP contribution >= 0.6 is 69.6 Å². The monoisotopic (exact) mass is 308 g/mol. The molecular weight excluding hydrogens is 309 g/mol. The summed E-state index contributed by atoms with van der Waals surface area (Å²) in [4.78, 5) is 8.56. The van der Waals surface area contributed by atoms with Crippen molar-refractivity contribution in [2.75, 3.05) is 0 Å². The van der Waals surface area contributed by atoms with Crippen LogP contribution in [0.1, 0.15) is 0 Å². The van der Waals surface area contributed by atoms with Crippen molar-refractivity contribution in [3.8, 4) is 0 Å². The summed E-state index contributed by atoms with van der Waals surface area (Å²) in [6.45, 7) is 0. The van der Waals surface area contributed by atoms with Crippen molar-refractivity contribution in [3.05, 3.63) is 9.52 Å². The highest BCUT2D eigenvalue weighted by Crippen LogP contribution is 2.40. The van der Waals surface area contributed by atoms with E-state index in [1.54, 1.807) is 0 Å². The molecule has 0 rings (SSSR count). The van der Waals surface area contributed by atoms with E-state index in [-0.39, 0.29) is 9.52 Å². The first kappa shape index (κ1) is 16.2. The van der Waals surface area contributed by atoms with Gasteiger partial charge in [0.1, 0.15) is 4.49 Å². The summed E-state index contributed by atoms with van der Waals surface area (Å²) in [5.41, 5.74) is 0. The van der Waals surface area contributed by atoms with Gasteiger partial charge < -0.3 is 10.2 Å². The minimum absolute atomic E-state index is 0.198. The molecule has 2 N–H and O–H groups in total. The highest BCUT2D eigenvalue weighted by atomic mass is 35.6. The van der Waals surface area contributed by atoms with Crippen LogP contribution in [0.15, 0.2) is 9.52 Å². The van der Waals surface area contributed by atoms with Gasteiger partial charge in [0.05, 0.1) is 5.03 Å². The predicted molar refractivity (Wildman–Crippen MR) is 55.5 cm³/mol. The third kappa shape index (κ3) is 12.8. The average molecular weight is 311 g/mol. The fourth-order valence-electron chi connectivity index (χ4n) is 0.107. The average Bonchev–Trinajstić information content (AvgIpc) is 1.82. The summed E-state index contributed by atoms with van der Waals surface area (Å²) in [6.07, 6.45) is -1.83. The number of alkyl halides is 3. The molecule has 0 aromatic heterocycles. The summed E-state index contributed by atoms with van der Waals surface area (Å²) < 4.78 is -1.96. The zero-order valence-corrected chi connectivity index (χ0v) is 10.1. The molecule has 0 aliphatic carbocycles. The zero-order valence-electron chi connectivity index (χ0n) is 5.57. The molecule has 0 aromatic rings. The van der Waals surface area contributed by atoms with E-state index < -0.39 is 9.95 Å². The lowest BCUT2D eigenvalue weighted by molar-refractivity contribution is 0.137. The molecule has 0 saturated heterocycles. The van der Waals surface area contributed by atoms with E-state index >= 15 is 0 Å². The topological polar surface area (TPSA) is 57.5 Å². The Morgan fingerprint density at radius 1 is 1.00 bits per heavy atom. The van der Waals surface area contributed by atoms with Gasteiger partial charge in [0.15, 0.2) is 0 Å². The van der Waals surface area contributed by atoms with Gasteiger partial charge in [-0.3, -0.25) is 0 Å². The highest BCUT2D eigenvalue weighted by molar-refractivity contribution is 6.75. The number of halogens is 6. The SMILES string of the molecule is ClC(Cl)=C(Cl)C(Cl)(Cl)Cl.O=C(O)O. The third-order valence-corrected chi connectivity index (χ3v) is 2.32. The minimum atomic E-state index is -1.83. The largest absolute Gasteiger partial charge is 0.503 e. The van der Waals surface area contributed by atoms with E-state index in [9.17, 15) is 0 Å². The van der Waals surface area contributed by atoms with E-state index in [1.165, 1.54) is 0 Å². The molecular formula is C4H2Cl6O3. The number of carboxylic acid groups (broad SMARTS) is 2. The number of hydrogen-bond acceptors (Lipinski definition) is 1. The Bertz CT molecular complexity index is 198. The molecule has 0 atom stereocenters. The Morgan fingerprint density at radius 3 is 1.23 bits per heavy atom. The van der Waals surface area contributed by atoms with Crippen LogP contribution in [0.4, 0.5) is 4.79 Å². The highest BCUT2D eigenvalue weighted by Gasteiger charge is 2.26. The molecule has 13 heavy (non-hydrogen) atoms. The van der Waals surface area contributed by atoms with E-state index in [0.717, 1.165) is 0 Å². The molecule has 9 heteroatoms. The van der Waals surface area contributed by atoms with Crippen molar-refractivity contribution in [1.82, 2.24) is 0 Å². The van der Waals surface area contributed by atoms with Crippen LogP contribution in [-0.2, 0) is 0 Å². The van der Waals surface area contributed by atoms with Crippen LogP contribution in [-0.4, -0.2) is 20.2 Å². The number of hydrogen-bond donors (Lipinski definition) is 2. The number of allylic oxidation sites excluding steroid dienone is 1. The minimum Gasteiger partial charge on any atom is -0.450 e. The van der Waals surface area contributed by atoms with Gasteiger partial charge in [-0.2, -0.15) is 0 Å². The van der Waals surface area contributed by atoms with Gasteiger partial charge in [-0.15, -0.1) is 0 Å². The van der Waals surface area contributed by atoms with Crippen LogP contribution < -0.4 is 0 Å². The molecule has 0 radical (unpaired) electrons. The summed E-state index contributed by atoms with van der Waals surface area (Å²) in [5, 5.41) is 13.7. The summed E-state index contributed by atoms with van der Waals surface area (Å²) in [7, 11) is 0. The molecule has 0 aromatic carbocycles. The predicted octanol–water partition coefficient (Wildman–Crippen LogP) is 4.46. The lowest BCUT2D eigenvalue weighted by atomic mass is 10.7. The van der Waals surface area contributed by atoms with Crippen molar-refractivity contribution >= 4 is 75.8 Å². The van der Waals surface area contributed by atoms with Crippen molar-refractivity contribution in [2.24, 2.45) is 0 Å². The quantitative estimate of drug-likeness (QED) is 0.649. The standard InChI is InChI=1S/C3Cl6.CH2O3/c4-1(2(5)6)3(7,8)9;2-1(3)4/h;(H2,2,3,4). The summed E-state index contributed by atoms with van der Waals surface area (Å²) in [6, 6.07) is 0. The van der Waals surface area contributed by atoms with Gasteiger partial charge in [-0.25, -0.2) is 4.79 Å². The zero-order chi connectivity index (χ0) is 11.2. The Labute approximate surface area is 104 Å². The van der Waals surface area contributed by atoms with E-state index in [0.29, 0.717) is 0 Å². The maximum atomic E-state index is 8.56. The van der Waals surface area contributed by atoms with E-state index in [2.05, 4.69) is 0 Å². The van der Waals surface area contributed by atoms with Crippen LogP contribution in [0, 0.1) is 0 Å². The Hall–Kier alpha value is 0.750. The van der Waals surface area contributed by atoms with Crippen LogP contribution in [0.25, 0.3) is 0 Å². The first-order valence-corrected chi connectivity index (χ1v) is 4.55. The van der Waals surface area contributed by atoms with Crippen LogP contribution in [0.2, 0.25) is 0 Å². The molecule has 0 heterocycles. The molecule has 0 saturated carbocycles. The summed E-state index contributed by atoms with van der Waals surface area (Å²) >= 11 is 31.4. The lowest BCUT2D eigenvalue weighted by Crippen LogP contribution is -2.01. The Morgan fingerprint density at radius 2 is 1.23 bits per heavy atom. The lowest BCUT2D eigenvalue weighted by Gasteiger charge is -2.07. The van der Waals surface area contributed by atoms with Gasteiger partial charge in [0.2, 0.25) is 3.79 Å². The molecule has 78 valence electrons. The fourth-order valence-corrected chi connectivity index (χ4v) is 0.964. The molecule has 0 fully saturated rings. The second kappa shape index (κ2) is 7.10. The van der Waals surface area contributed by atoms with Gasteiger partial charge in [0, 0.05) is 0 Å². The maximum Gasteiger partial charge on any atom is 0.503 e. The molecule has 3 nitrogen and oxygen atoms in total. The van der Waals surface area contributed by atoms with Crippen LogP contribution in [0.5, 0.6) is 0 Å². The normalized spacial score (nSPS) is 9.69. The second-order valence-electron chi connectivity index (χ2n) is 1.35. The van der Waals surface area contributed by atoms with Crippen molar-refractivity contribution in [2.45, 2.75) is 3.79 Å². The number of rotatable bonds is 0. The van der Waals surface area contributed by atoms with Crippen molar-refractivity contribution in [1.29, 1.82) is 0 Å². The molecule has 0 spiro atoms. The van der Waals surface area contributed by atoms with Crippen molar-refractivity contribution < 1.29 is 15.0 Å². The fraction of sp³-hybridized carbons (Fsp3) is 0.250. The third-order valence-electron chi connectivity index (χ3n) is 0.415. The first-order chi connectivity index (χ1) is 5.59. The number of carbonyl (C=O) groups is 1. The smallest absolute Gasteiger partial charge is 0.450 e. The summed E-state index contributed by atoms with van der Waals surface area (Å²) in [5.74, 6) is 0. The molecule has 0 aliphatic rings. The molecule has 0 unspecified atom stereocenters. The molecule has 0 amide bonds. The van der Waals surface area contributed by atoms with E-state index in [1.807, 2.05) is 0 Å². The van der Waals surface area contributed by atoms with Crippen molar-refractivity contribution in [3.63, 3.8) is 0 Å². The first-order valence-electron chi connectivity index (χ1n) is 2.29. The maximum absolute atomic E-state index is 8.56. The Balaban J connectivity index is 0. The van der Waals surface area contributed by atoms with E-state index in [4.69, 9.17) is 84.6 Å². The second-order valence-corrected chi connectivity index (χ2v) is 4.96. The van der Waals surface area contributed by atoms with Gasteiger partial charge >= 0.3 is 6.16 Å².